The number of hydrogen-bond donors (Lipinski definition) is 0. The number of pyridine rings is 2. The van der Waals surface area contributed by atoms with E-state index in [2.05, 4.69) is 138 Å². The highest BCUT2D eigenvalue weighted by Crippen LogP contribution is 2.36. The maximum Gasteiger partial charge on any atom is 0.160 e. The number of benzene rings is 6. The molecular formula is C46H29N5. The largest absolute Gasteiger partial charge is 0.298 e. The van der Waals surface area contributed by atoms with Crippen LogP contribution in [0.5, 0.6) is 0 Å². The summed E-state index contributed by atoms with van der Waals surface area (Å²) >= 11 is 0. The van der Waals surface area contributed by atoms with Gasteiger partial charge in [0.05, 0.1) is 27.9 Å². The summed E-state index contributed by atoms with van der Waals surface area (Å²) in [6.07, 6.45) is 2.06. The Kier molecular flexibility index (Phi) is 6.74. The maximum atomic E-state index is 5.21. The SMILES string of the molecule is c1ccc(-c2cccc(-c3nc(-c4cccc(-c5ccc(-c6nc7ccccc7c7nc8ccccn8c67)cc5)c4)c4ccccc4n3)c2)cc1. The molecule has 0 aliphatic carbocycles. The molecule has 5 heteroatoms. The first-order valence-corrected chi connectivity index (χ1v) is 17.1. The second kappa shape index (κ2) is 11.9. The second-order valence-corrected chi connectivity index (χ2v) is 12.7. The van der Waals surface area contributed by atoms with Crippen LogP contribution in [-0.2, 0) is 0 Å². The summed E-state index contributed by atoms with van der Waals surface area (Å²) in [4.78, 5) is 20.4. The molecule has 10 rings (SSSR count). The number of rotatable bonds is 5. The number of aromatic nitrogens is 5. The molecule has 0 bridgehead atoms. The molecule has 0 radical (unpaired) electrons. The lowest BCUT2D eigenvalue weighted by Gasteiger charge is -2.12. The highest BCUT2D eigenvalue weighted by Gasteiger charge is 2.17. The van der Waals surface area contributed by atoms with E-state index in [9.17, 15) is 0 Å². The molecule has 0 unspecified atom stereocenters. The molecule has 4 heterocycles. The van der Waals surface area contributed by atoms with Crippen LogP contribution in [0.25, 0.3) is 94.6 Å². The van der Waals surface area contributed by atoms with Crippen LogP contribution in [-0.4, -0.2) is 24.3 Å². The molecule has 0 spiro atoms. The number of para-hydroxylation sites is 2. The normalized spacial score (nSPS) is 11.5. The fourth-order valence-corrected chi connectivity index (χ4v) is 7.12. The molecule has 0 aliphatic rings. The molecule has 0 saturated carbocycles. The van der Waals surface area contributed by atoms with Gasteiger partial charge in [-0.05, 0) is 58.7 Å². The molecule has 238 valence electrons. The van der Waals surface area contributed by atoms with Gasteiger partial charge < -0.3 is 0 Å². The summed E-state index contributed by atoms with van der Waals surface area (Å²) < 4.78 is 2.14. The Bertz CT molecular complexity index is 2910. The molecule has 0 amide bonds. The molecule has 0 N–H and O–H groups in total. The van der Waals surface area contributed by atoms with Gasteiger partial charge in [-0.15, -0.1) is 0 Å². The van der Waals surface area contributed by atoms with Gasteiger partial charge >= 0.3 is 0 Å². The fourth-order valence-electron chi connectivity index (χ4n) is 7.12. The fraction of sp³-hybridized carbons (Fsp3) is 0. The van der Waals surface area contributed by atoms with Gasteiger partial charge in [-0.25, -0.2) is 19.9 Å². The van der Waals surface area contributed by atoms with E-state index in [0.717, 1.165) is 83.3 Å². The summed E-state index contributed by atoms with van der Waals surface area (Å²) in [5.41, 5.74) is 14.2. The molecule has 51 heavy (non-hydrogen) atoms. The molecule has 5 nitrogen and oxygen atoms in total. The molecule has 6 aromatic carbocycles. The van der Waals surface area contributed by atoms with Crippen LogP contribution in [0.4, 0.5) is 0 Å². The van der Waals surface area contributed by atoms with Crippen molar-refractivity contribution in [3.05, 3.63) is 176 Å². The molecule has 10 aromatic rings. The van der Waals surface area contributed by atoms with Crippen molar-refractivity contribution in [1.82, 2.24) is 24.3 Å². The highest BCUT2D eigenvalue weighted by molar-refractivity contribution is 6.09. The summed E-state index contributed by atoms with van der Waals surface area (Å²) in [7, 11) is 0. The van der Waals surface area contributed by atoms with Crippen LogP contribution in [0.3, 0.4) is 0 Å². The van der Waals surface area contributed by atoms with E-state index in [-0.39, 0.29) is 0 Å². The Morgan fingerprint density at radius 3 is 1.75 bits per heavy atom. The Labute approximate surface area is 294 Å². The van der Waals surface area contributed by atoms with Crippen LogP contribution >= 0.6 is 0 Å². The molecule has 0 atom stereocenters. The summed E-state index contributed by atoms with van der Waals surface area (Å²) in [5, 5.41) is 2.07. The van der Waals surface area contributed by atoms with Crippen molar-refractivity contribution < 1.29 is 0 Å². The predicted molar refractivity (Wildman–Crippen MR) is 208 cm³/mol. The number of hydrogen-bond acceptors (Lipinski definition) is 4. The molecular weight excluding hydrogens is 623 g/mol. The van der Waals surface area contributed by atoms with Crippen molar-refractivity contribution in [2.45, 2.75) is 0 Å². The van der Waals surface area contributed by atoms with Crippen LogP contribution in [0.2, 0.25) is 0 Å². The number of nitrogens with zero attached hydrogens (tertiary/aromatic N) is 5. The zero-order valence-corrected chi connectivity index (χ0v) is 27.5. The van der Waals surface area contributed by atoms with Crippen molar-refractivity contribution in [2.75, 3.05) is 0 Å². The first-order valence-electron chi connectivity index (χ1n) is 17.1. The van der Waals surface area contributed by atoms with Crippen molar-refractivity contribution in [3.63, 3.8) is 0 Å². The van der Waals surface area contributed by atoms with Gasteiger partial charge in [0.25, 0.3) is 0 Å². The standard InChI is InChI=1S/C46H29N5/c1-2-12-30(13-3-1)34-15-11-17-36(29-34)46-48-40-21-7-4-18-37(40)42(50-46)35-16-10-14-33(28-35)31-23-25-32(26-24-31)43-45-44(38-19-5-6-20-39(38)47-43)49-41-22-8-9-27-51(41)45/h1-29H. The maximum absolute atomic E-state index is 5.21. The third-order valence-electron chi connectivity index (χ3n) is 9.60. The predicted octanol–water partition coefficient (Wildman–Crippen LogP) is 11.3. The molecule has 4 aromatic heterocycles. The first-order chi connectivity index (χ1) is 25.3. The lowest BCUT2D eigenvalue weighted by atomic mass is 9.98. The van der Waals surface area contributed by atoms with E-state index in [1.165, 1.54) is 5.56 Å². The second-order valence-electron chi connectivity index (χ2n) is 12.7. The van der Waals surface area contributed by atoms with Gasteiger partial charge in [-0.3, -0.25) is 4.40 Å². The minimum atomic E-state index is 0.706. The van der Waals surface area contributed by atoms with Gasteiger partial charge in [0.15, 0.2) is 5.82 Å². The van der Waals surface area contributed by atoms with Crippen molar-refractivity contribution in [1.29, 1.82) is 0 Å². The Balaban J connectivity index is 1.06. The highest BCUT2D eigenvalue weighted by atomic mass is 15.0. The van der Waals surface area contributed by atoms with Crippen LogP contribution in [0, 0.1) is 0 Å². The number of fused-ring (bicyclic) bond motifs is 6. The van der Waals surface area contributed by atoms with E-state index in [1.54, 1.807) is 0 Å². The first kappa shape index (κ1) is 29.0. The van der Waals surface area contributed by atoms with Crippen LogP contribution < -0.4 is 0 Å². The zero-order chi connectivity index (χ0) is 33.7. The number of imidazole rings is 1. The quantitative estimate of drug-likeness (QED) is 0.186. The summed E-state index contributed by atoms with van der Waals surface area (Å²) in [5.74, 6) is 0.706. The zero-order valence-electron chi connectivity index (χ0n) is 27.5. The third-order valence-corrected chi connectivity index (χ3v) is 9.60. The van der Waals surface area contributed by atoms with Gasteiger partial charge in [-0.1, -0.05) is 133 Å². The van der Waals surface area contributed by atoms with E-state index >= 15 is 0 Å². The average Bonchev–Trinajstić information content (AvgIpc) is 3.61. The van der Waals surface area contributed by atoms with Gasteiger partial charge in [0, 0.05) is 33.7 Å². The van der Waals surface area contributed by atoms with E-state index < -0.39 is 0 Å². The van der Waals surface area contributed by atoms with Gasteiger partial charge in [0.1, 0.15) is 11.2 Å². The molecule has 0 aliphatic heterocycles. The Morgan fingerprint density at radius 2 is 0.941 bits per heavy atom. The van der Waals surface area contributed by atoms with E-state index in [4.69, 9.17) is 19.9 Å². The Morgan fingerprint density at radius 1 is 0.353 bits per heavy atom. The molecule has 0 fully saturated rings. The van der Waals surface area contributed by atoms with Crippen molar-refractivity contribution in [2.24, 2.45) is 0 Å². The van der Waals surface area contributed by atoms with E-state index in [1.807, 2.05) is 42.5 Å². The van der Waals surface area contributed by atoms with E-state index in [0.29, 0.717) is 5.82 Å². The van der Waals surface area contributed by atoms with Crippen LogP contribution in [0.15, 0.2) is 176 Å². The van der Waals surface area contributed by atoms with Crippen molar-refractivity contribution >= 4 is 38.5 Å². The lowest BCUT2D eigenvalue weighted by Crippen LogP contribution is -1.95. The topological polar surface area (TPSA) is 56.0 Å². The van der Waals surface area contributed by atoms with Crippen molar-refractivity contribution in [3.8, 4) is 56.2 Å². The van der Waals surface area contributed by atoms with Gasteiger partial charge in [0.2, 0.25) is 0 Å². The lowest BCUT2D eigenvalue weighted by molar-refractivity contribution is 1.22. The minimum Gasteiger partial charge on any atom is -0.298 e. The average molecular weight is 652 g/mol. The van der Waals surface area contributed by atoms with Crippen LogP contribution in [0.1, 0.15) is 0 Å². The molecule has 0 saturated heterocycles. The Hall–Kier alpha value is -6.98. The monoisotopic (exact) mass is 651 g/mol. The minimum absolute atomic E-state index is 0.706. The third kappa shape index (κ3) is 5.03. The smallest absolute Gasteiger partial charge is 0.160 e. The summed E-state index contributed by atoms with van der Waals surface area (Å²) in [6, 6.07) is 58.8. The summed E-state index contributed by atoms with van der Waals surface area (Å²) in [6.45, 7) is 0. The van der Waals surface area contributed by atoms with Gasteiger partial charge in [-0.2, -0.15) is 0 Å².